The molecule has 0 saturated carbocycles. The Labute approximate surface area is 95.0 Å². The summed E-state index contributed by atoms with van der Waals surface area (Å²) in [7, 11) is 1.91. The second-order valence-corrected chi connectivity index (χ2v) is 3.81. The van der Waals surface area contributed by atoms with Gasteiger partial charge in [-0.25, -0.2) is 0 Å². The topological polar surface area (TPSA) is 68.1 Å². The van der Waals surface area contributed by atoms with Crippen molar-refractivity contribution < 1.29 is 4.92 Å². The van der Waals surface area contributed by atoms with Gasteiger partial charge in [-0.1, -0.05) is 6.92 Å². The Morgan fingerprint density at radius 2 is 2.31 bits per heavy atom. The summed E-state index contributed by atoms with van der Waals surface area (Å²) in [5, 5.41) is 13.7. The lowest BCUT2D eigenvalue weighted by molar-refractivity contribution is -0.385. The van der Waals surface area contributed by atoms with Crippen molar-refractivity contribution in [2.24, 2.45) is 0 Å². The molecule has 5 heteroatoms. The summed E-state index contributed by atoms with van der Waals surface area (Å²) in [6.07, 6.45) is 3.14. The van der Waals surface area contributed by atoms with E-state index in [0.717, 1.165) is 24.1 Å². The molecule has 0 saturated heterocycles. The molecular weight excluding hydrogens is 206 g/mol. The molecule has 0 aliphatic carbocycles. The summed E-state index contributed by atoms with van der Waals surface area (Å²) in [6, 6.07) is 1.94. The van der Waals surface area contributed by atoms with Gasteiger partial charge in [-0.3, -0.25) is 15.1 Å². The largest absolute Gasteiger partial charge is 0.317 e. The van der Waals surface area contributed by atoms with Gasteiger partial charge in [-0.15, -0.1) is 0 Å². The predicted octanol–water partition coefficient (Wildman–Crippen LogP) is 1.84. The zero-order chi connectivity index (χ0) is 12.1. The highest BCUT2D eigenvalue weighted by molar-refractivity contribution is 5.33. The molecule has 0 aromatic carbocycles. The standard InChI is InChI=1S/C11H17N3O2/c1-4-9(12-3)6-11-8(2)5-10(7-13-11)14(15)16/h5,7,9,12H,4,6H2,1-3H3. The quantitative estimate of drug-likeness (QED) is 0.611. The lowest BCUT2D eigenvalue weighted by atomic mass is 10.1. The van der Waals surface area contributed by atoms with Crippen LogP contribution in [0.1, 0.15) is 24.6 Å². The van der Waals surface area contributed by atoms with E-state index in [0.29, 0.717) is 6.04 Å². The molecule has 0 aliphatic heterocycles. The van der Waals surface area contributed by atoms with Gasteiger partial charge < -0.3 is 5.32 Å². The van der Waals surface area contributed by atoms with Crippen LogP contribution in [0.4, 0.5) is 5.69 Å². The molecule has 1 aromatic rings. The van der Waals surface area contributed by atoms with Gasteiger partial charge in [0.2, 0.25) is 0 Å². The van der Waals surface area contributed by atoms with Crippen molar-refractivity contribution >= 4 is 5.69 Å². The molecule has 0 bridgehead atoms. The number of nitrogens with one attached hydrogen (secondary N) is 1. The molecule has 0 spiro atoms. The Hall–Kier alpha value is -1.49. The fourth-order valence-electron chi connectivity index (χ4n) is 1.59. The van der Waals surface area contributed by atoms with Gasteiger partial charge in [0.1, 0.15) is 6.20 Å². The molecule has 1 N–H and O–H groups in total. The minimum absolute atomic E-state index is 0.0544. The van der Waals surface area contributed by atoms with Crippen molar-refractivity contribution in [1.82, 2.24) is 10.3 Å². The van der Waals surface area contributed by atoms with Gasteiger partial charge in [0, 0.05) is 24.2 Å². The van der Waals surface area contributed by atoms with Gasteiger partial charge in [0.05, 0.1) is 4.92 Å². The third-order valence-corrected chi connectivity index (χ3v) is 2.72. The molecule has 0 amide bonds. The number of aromatic nitrogens is 1. The van der Waals surface area contributed by atoms with E-state index in [1.807, 2.05) is 14.0 Å². The van der Waals surface area contributed by atoms with E-state index >= 15 is 0 Å². The molecule has 0 radical (unpaired) electrons. The summed E-state index contributed by atoms with van der Waals surface area (Å²) in [5.74, 6) is 0. The van der Waals surface area contributed by atoms with Crippen LogP contribution in [0.15, 0.2) is 12.3 Å². The first-order valence-electron chi connectivity index (χ1n) is 5.35. The van der Waals surface area contributed by atoms with Gasteiger partial charge in [-0.05, 0) is 26.0 Å². The van der Waals surface area contributed by atoms with Crippen LogP contribution < -0.4 is 5.32 Å². The number of rotatable bonds is 5. The Balaban J connectivity index is 2.86. The number of hydrogen-bond donors (Lipinski definition) is 1. The molecule has 1 rings (SSSR count). The average Bonchev–Trinajstić information content (AvgIpc) is 2.27. The number of hydrogen-bond acceptors (Lipinski definition) is 4. The van der Waals surface area contributed by atoms with Crippen molar-refractivity contribution in [3.05, 3.63) is 33.6 Å². The van der Waals surface area contributed by atoms with Gasteiger partial charge in [0.15, 0.2) is 0 Å². The molecule has 16 heavy (non-hydrogen) atoms. The Morgan fingerprint density at radius 1 is 1.62 bits per heavy atom. The first-order chi connectivity index (χ1) is 7.58. The highest BCUT2D eigenvalue weighted by Gasteiger charge is 2.12. The Kier molecular flexibility index (Phi) is 4.37. The average molecular weight is 223 g/mol. The number of nitro groups is 1. The Bertz CT molecular complexity index is 375. The second kappa shape index (κ2) is 5.55. The maximum Gasteiger partial charge on any atom is 0.287 e. The van der Waals surface area contributed by atoms with Crippen molar-refractivity contribution in [1.29, 1.82) is 0 Å². The smallest absolute Gasteiger partial charge is 0.287 e. The van der Waals surface area contributed by atoms with E-state index in [4.69, 9.17) is 0 Å². The number of nitrogens with zero attached hydrogens (tertiary/aromatic N) is 2. The number of pyridine rings is 1. The fraction of sp³-hybridized carbons (Fsp3) is 0.545. The second-order valence-electron chi connectivity index (χ2n) is 3.81. The van der Waals surface area contributed by atoms with E-state index in [9.17, 15) is 10.1 Å². The molecule has 1 unspecified atom stereocenters. The van der Waals surface area contributed by atoms with Crippen molar-refractivity contribution in [2.75, 3.05) is 7.05 Å². The molecule has 1 heterocycles. The molecule has 0 aliphatic rings. The summed E-state index contributed by atoms with van der Waals surface area (Å²) < 4.78 is 0. The van der Waals surface area contributed by atoms with Crippen LogP contribution in [0.25, 0.3) is 0 Å². The van der Waals surface area contributed by atoms with Crippen LogP contribution in [0.5, 0.6) is 0 Å². The third-order valence-electron chi connectivity index (χ3n) is 2.72. The van der Waals surface area contributed by atoms with E-state index in [-0.39, 0.29) is 5.69 Å². The monoisotopic (exact) mass is 223 g/mol. The van der Waals surface area contributed by atoms with Crippen molar-refractivity contribution in [3.8, 4) is 0 Å². The SMILES string of the molecule is CCC(Cc1ncc([N+](=O)[O-])cc1C)NC. The summed E-state index contributed by atoms with van der Waals surface area (Å²) in [6.45, 7) is 3.96. The molecule has 88 valence electrons. The van der Waals surface area contributed by atoms with E-state index in [1.165, 1.54) is 6.20 Å². The highest BCUT2D eigenvalue weighted by Crippen LogP contribution is 2.15. The summed E-state index contributed by atoms with van der Waals surface area (Å²) in [4.78, 5) is 14.3. The van der Waals surface area contributed by atoms with Gasteiger partial charge in [0.25, 0.3) is 5.69 Å². The van der Waals surface area contributed by atoms with Crippen LogP contribution in [0, 0.1) is 17.0 Å². The Morgan fingerprint density at radius 3 is 2.75 bits per heavy atom. The fourth-order valence-corrected chi connectivity index (χ4v) is 1.59. The minimum Gasteiger partial charge on any atom is -0.317 e. The van der Waals surface area contributed by atoms with Gasteiger partial charge >= 0.3 is 0 Å². The lowest BCUT2D eigenvalue weighted by Crippen LogP contribution is -2.27. The molecular formula is C11H17N3O2. The van der Waals surface area contributed by atoms with Crippen LogP contribution in [0.3, 0.4) is 0 Å². The number of aryl methyl sites for hydroxylation is 1. The molecule has 1 aromatic heterocycles. The van der Waals surface area contributed by atoms with Crippen LogP contribution >= 0.6 is 0 Å². The van der Waals surface area contributed by atoms with Crippen molar-refractivity contribution in [3.63, 3.8) is 0 Å². The molecule has 5 nitrogen and oxygen atoms in total. The predicted molar refractivity (Wildman–Crippen MR) is 62.5 cm³/mol. The van der Waals surface area contributed by atoms with Crippen molar-refractivity contribution in [2.45, 2.75) is 32.7 Å². The van der Waals surface area contributed by atoms with E-state index in [2.05, 4.69) is 17.2 Å². The third kappa shape index (κ3) is 3.00. The first-order valence-corrected chi connectivity index (χ1v) is 5.35. The van der Waals surface area contributed by atoms with E-state index in [1.54, 1.807) is 6.07 Å². The normalized spacial score (nSPS) is 12.4. The maximum absolute atomic E-state index is 10.6. The zero-order valence-corrected chi connectivity index (χ0v) is 9.86. The minimum atomic E-state index is -0.418. The van der Waals surface area contributed by atoms with Gasteiger partial charge in [-0.2, -0.15) is 0 Å². The summed E-state index contributed by atoms with van der Waals surface area (Å²) >= 11 is 0. The lowest BCUT2D eigenvalue weighted by Gasteiger charge is -2.14. The van der Waals surface area contributed by atoms with Crippen LogP contribution in [-0.2, 0) is 6.42 Å². The van der Waals surface area contributed by atoms with Crippen LogP contribution in [-0.4, -0.2) is 23.0 Å². The highest BCUT2D eigenvalue weighted by atomic mass is 16.6. The maximum atomic E-state index is 10.6. The molecule has 1 atom stereocenters. The first kappa shape index (κ1) is 12.6. The van der Waals surface area contributed by atoms with Crippen LogP contribution in [0.2, 0.25) is 0 Å². The summed E-state index contributed by atoms with van der Waals surface area (Å²) in [5.41, 5.74) is 1.86. The number of likely N-dealkylation sites (N-methyl/N-ethyl adjacent to an activating group) is 1. The molecule has 0 fully saturated rings. The zero-order valence-electron chi connectivity index (χ0n) is 9.86. The van der Waals surface area contributed by atoms with E-state index < -0.39 is 4.92 Å².